The number of para-hydroxylation sites is 3. The van der Waals surface area contributed by atoms with Crippen LogP contribution >= 0.6 is 0 Å². The van der Waals surface area contributed by atoms with Gasteiger partial charge in [-0.25, -0.2) is 4.98 Å². The first kappa shape index (κ1) is 26.7. The Balaban J connectivity index is 1.36. The average molecular weight is 612 g/mol. The molecule has 0 spiro atoms. The molecule has 3 nitrogen and oxygen atoms in total. The van der Waals surface area contributed by atoms with Crippen molar-refractivity contribution < 1.29 is 0 Å². The van der Waals surface area contributed by atoms with Gasteiger partial charge in [0.2, 0.25) is 0 Å². The van der Waals surface area contributed by atoms with E-state index in [2.05, 4.69) is 185 Å². The molecule has 0 saturated heterocycles. The molecule has 0 aliphatic rings. The molecule has 3 heteroatoms. The van der Waals surface area contributed by atoms with Gasteiger partial charge in [-0.3, -0.25) is 4.40 Å². The zero-order chi connectivity index (χ0) is 31.6. The second-order valence-corrected chi connectivity index (χ2v) is 12.4. The maximum atomic E-state index is 5.49. The third kappa shape index (κ3) is 3.91. The number of rotatable bonds is 4. The van der Waals surface area contributed by atoms with Crippen LogP contribution in [0.15, 0.2) is 176 Å². The predicted octanol–water partition coefficient (Wildman–Crippen LogP) is 11.7. The van der Waals surface area contributed by atoms with Gasteiger partial charge < -0.3 is 4.57 Å². The van der Waals surface area contributed by atoms with Gasteiger partial charge in [0, 0.05) is 43.7 Å². The molecule has 224 valence electrons. The lowest BCUT2D eigenvalue weighted by Crippen LogP contribution is -1.96. The Labute approximate surface area is 277 Å². The van der Waals surface area contributed by atoms with Gasteiger partial charge >= 0.3 is 0 Å². The van der Waals surface area contributed by atoms with E-state index >= 15 is 0 Å². The molecule has 0 radical (unpaired) electrons. The zero-order valence-corrected chi connectivity index (χ0v) is 26.1. The van der Waals surface area contributed by atoms with Crippen molar-refractivity contribution in [3.63, 3.8) is 0 Å². The number of benzene rings is 7. The van der Waals surface area contributed by atoms with E-state index in [0.717, 1.165) is 39.4 Å². The molecule has 10 rings (SSSR count). The van der Waals surface area contributed by atoms with Gasteiger partial charge in [-0.05, 0) is 41.5 Å². The van der Waals surface area contributed by atoms with Crippen LogP contribution in [0.3, 0.4) is 0 Å². The van der Waals surface area contributed by atoms with Gasteiger partial charge in [0.1, 0.15) is 5.82 Å². The molecule has 0 bridgehead atoms. The van der Waals surface area contributed by atoms with Crippen molar-refractivity contribution in [1.29, 1.82) is 0 Å². The summed E-state index contributed by atoms with van der Waals surface area (Å²) in [5.74, 6) is 0.938. The highest BCUT2D eigenvalue weighted by atomic mass is 15.0. The van der Waals surface area contributed by atoms with E-state index in [4.69, 9.17) is 4.98 Å². The Morgan fingerprint density at radius 2 is 0.896 bits per heavy atom. The van der Waals surface area contributed by atoms with E-state index in [1.807, 2.05) is 0 Å². The largest absolute Gasteiger partial charge is 0.309 e. The van der Waals surface area contributed by atoms with E-state index in [9.17, 15) is 0 Å². The molecule has 0 saturated carbocycles. The molecule has 0 aliphatic carbocycles. The van der Waals surface area contributed by atoms with Crippen LogP contribution in [0.1, 0.15) is 0 Å². The van der Waals surface area contributed by atoms with Crippen LogP contribution in [0.4, 0.5) is 0 Å². The molecule has 0 N–H and O–H groups in total. The Kier molecular flexibility index (Phi) is 5.87. The third-order valence-corrected chi connectivity index (χ3v) is 9.70. The number of pyridine rings is 1. The molecule has 0 aliphatic heterocycles. The molecule has 7 aromatic carbocycles. The maximum absolute atomic E-state index is 5.49. The van der Waals surface area contributed by atoms with Crippen molar-refractivity contribution in [2.24, 2.45) is 0 Å². The fourth-order valence-electron chi connectivity index (χ4n) is 7.61. The summed E-state index contributed by atoms with van der Waals surface area (Å²) in [5, 5.41) is 6.16. The highest BCUT2D eigenvalue weighted by Crippen LogP contribution is 2.44. The molecule has 0 fully saturated rings. The lowest BCUT2D eigenvalue weighted by molar-refractivity contribution is 1.18. The number of hydrogen-bond acceptors (Lipinski definition) is 1. The summed E-state index contributed by atoms with van der Waals surface area (Å²) in [6.45, 7) is 0. The minimum atomic E-state index is 0.938. The number of aromatic nitrogens is 3. The van der Waals surface area contributed by atoms with Crippen molar-refractivity contribution in [1.82, 2.24) is 14.0 Å². The normalized spacial score (nSPS) is 11.8. The summed E-state index contributed by atoms with van der Waals surface area (Å²) < 4.78 is 4.79. The molecule has 0 atom stereocenters. The van der Waals surface area contributed by atoms with Gasteiger partial charge in [0.25, 0.3) is 0 Å². The Bertz CT molecular complexity index is 2790. The van der Waals surface area contributed by atoms with Crippen LogP contribution in [0.2, 0.25) is 0 Å². The highest BCUT2D eigenvalue weighted by Gasteiger charge is 2.23. The van der Waals surface area contributed by atoms with Gasteiger partial charge in [-0.1, -0.05) is 146 Å². The average Bonchev–Trinajstić information content (AvgIpc) is 3.73. The smallest absolute Gasteiger partial charge is 0.145 e. The third-order valence-electron chi connectivity index (χ3n) is 9.70. The molecular weight excluding hydrogens is 583 g/mol. The number of hydrogen-bond donors (Lipinski definition) is 0. The van der Waals surface area contributed by atoms with Crippen molar-refractivity contribution >= 4 is 49.0 Å². The summed E-state index contributed by atoms with van der Waals surface area (Å²) in [5.41, 5.74) is 11.4. The van der Waals surface area contributed by atoms with Crippen LogP contribution in [0.25, 0.3) is 88.5 Å². The van der Waals surface area contributed by atoms with Crippen LogP contribution in [-0.2, 0) is 0 Å². The maximum Gasteiger partial charge on any atom is 0.145 e. The zero-order valence-electron chi connectivity index (χ0n) is 26.1. The van der Waals surface area contributed by atoms with E-state index in [1.165, 1.54) is 49.1 Å². The van der Waals surface area contributed by atoms with Crippen LogP contribution in [0, 0.1) is 0 Å². The molecular formula is C45H29N3. The Hall–Kier alpha value is -6.45. The van der Waals surface area contributed by atoms with Crippen LogP contribution in [-0.4, -0.2) is 14.0 Å². The monoisotopic (exact) mass is 611 g/mol. The fraction of sp³-hybridized carbons (Fsp3) is 0. The van der Waals surface area contributed by atoms with Crippen molar-refractivity contribution in [2.45, 2.75) is 0 Å². The number of imidazole rings is 1. The minimum Gasteiger partial charge on any atom is -0.309 e. The second kappa shape index (κ2) is 10.5. The first-order valence-corrected chi connectivity index (χ1v) is 16.4. The van der Waals surface area contributed by atoms with Gasteiger partial charge in [0.15, 0.2) is 0 Å². The first-order chi connectivity index (χ1) is 23.8. The van der Waals surface area contributed by atoms with Gasteiger partial charge in [-0.2, -0.15) is 0 Å². The molecule has 3 aromatic heterocycles. The summed E-state index contributed by atoms with van der Waals surface area (Å²) >= 11 is 0. The first-order valence-electron chi connectivity index (χ1n) is 16.4. The van der Waals surface area contributed by atoms with E-state index in [0.29, 0.717) is 0 Å². The SMILES string of the molecule is c1ccc(-c2ccc(-c3nc(-c4ccccc4)c4c5ccc6c(c7ccccc7n6-c6ccccc6)c5c5ccccc5n34)cc2)cc1. The topological polar surface area (TPSA) is 22.2 Å². The van der Waals surface area contributed by atoms with E-state index in [-0.39, 0.29) is 0 Å². The second-order valence-electron chi connectivity index (χ2n) is 12.4. The molecule has 48 heavy (non-hydrogen) atoms. The van der Waals surface area contributed by atoms with Gasteiger partial charge in [-0.15, -0.1) is 0 Å². The molecule has 3 heterocycles. The lowest BCUT2D eigenvalue weighted by Gasteiger charge is -2.14. The molecule has 10 aromatic rings. The minimum absolute atomic E-state index is 0.938. The van der Waals surface area contributed by atoms with Crippen LogP contribution < -0.4 is 0 Å². The Morgan fingerprint density at radius 1 is 0.354 bits per heavy atom. The fourth-order valence-corrected chi connectivity index (χ4v) is 7.61. The quantitative estimate of drug-likeness (QED) is 0.182. The molecule has 0 unspecified atom stereocenters. The number of fused-ring (bicyclic) bond motifs is 10. The summed E-state index contributed by atoms with van der Waals surface area (Å²) in [4.78, 5) is 5.49. The van der Waals surface area contributed by atoms with Crippen molar-refractivity contribution in [2.75, 3.05) is 0 Å². The summed E-state index contributed by atoms with van der Waals surface area (Å²) in [6.07, 6.45) is 0. The standard InChI is InChI=1S/C45H29N3/c1-4-14-30(15-5-1)31-24-26-33(27-25-31)45-46-43(32-16-6-2-7-17-32)44-37-28-29-40-42(41(37)35-20-10-13-23-39(35)48(44)45)36-21-11-12-22-38(36)47(40)34-18-8-3-9-19-34/h1-29H. The number of nitrogens with zero attached hydrogens (tertiary/aromatic N) is 3. The van der Waals surface area contributed by atoms with Crippen molar-refractivity contribution in [3.05, 3.63) is 176 Å². The van der Waals surface area contributed by atoms with Gasteiger partial charge in [0.05, 0.1) is 27.8 Å². The van der Waals surface area contributed by atoms with E-state index < -0.39 is 0 Å². The van der Waals surface area contributed by atoms with Crippen molar-refractivity contribution in [3.8, 4) is 39.5 Å². The predicted molar refractivity (Wildman–Crippen MR) is 201 cm³/mol. The lowest BCUT2D eigenvalue weighted by atomic mass is 9.97. The Morgan fingerprint density at radius 3 is 1.60 bits per heavy atom. The van der Waals surface area contributed by atoms with Crippen LogP contribution in [0.5, 0.6) is 0 Å². The van der Waals surface area contributed by atoms with E-state index in [1.54, 1.807) is 0 Å². The highest BCUT2D eigenvalue weighted by molar-refractivity contribution is 6.31. The summed E-state index contributed by atoms with van der Waals surface area (Å²) in [6, 6.07) is 62.9. The summed E-state index contributed by atoms with van der Waals surface area (Å²) in [7, 11) is 0. The molecule has 0 amide bonds.